The van der Waals surface area contributed by atoms with Crippen molar-refractivity contribution in [2.75, 3.05) is 7.05 Å². The monoisotopic (exact) mass is 281 g/mol. The molecule has 0 aromatic carbocycles. The Labute approximate surface area is 117 Å². The first-order chi connectivity index (χ1) is 9.14. The van der Waals surface area contributed by atoms with Crippen molar-refractivity contribution in [1.82, 2.24) is 5.32 Å². The molecule has 0 rings (SSSR count). The van der Waals surface area contributed by atoms with E-state index in [1.165, 1.54) is 27.0 Å². The number of carboxylic acid groups (broad SMARTS) is 1. The van der Waals surface area contributed by atoms with Crippen molar-refractivity contribution in [2.24, 2.45) is 5.41 Å². The molecule has 0 aromatic rings. The summed E-state index contributed by atoms with van der Waals surface area (Å²) in [5.74, 6) is -2.36. The van der Waals surface area contributed by atoms with Gasteiger partial charge < -0.3 is 10.4 Å². The molecule has 0 fully saturated rings. The quantitative estimate of drug-likeness (QED) is 0.643. The Morgan fingerprint density at radius 2 is 1.60 bits per heavy atom. The lowest BCUT2D eigenvalue weighted by atomic mass is 9.72. The Bertz CT molecular complexity index is 460. The topological polar surface area (TPSA) is 101 Å². The van der Waals surface area contributed by atoms with E-state index in [2.05, 4.69) is 11.9 Å². The molecule has 0 aliphatic heterocycles. The van der Waals surface area contributed by atoms with Crippen LogP contribution in [0.25, 0.3) is 0 Å². The molecule has 0 saturated heterocycles. The fourth-order valence-corrected chi connectivity index (χ4v) is 1.91. The zero-order valence-corrected chi connectivity index (χ0v) is 11.9. The molecular formula is C14H19NO5. The molecular weight excluding hydrogens is 262 g/mol. The molecule has 0 unspecified atom stereocenters. The zero-order chi connectivity index (χ0) is 15.9. The van der Waals surface area contributed by atoms with Crippen molar-refractivity contribution in [3.63, 3.8) is 0 Å². The number of hydrogen-bond acceptors (Lipinski definition) is 4. The van der Waals surface area contributed by atoms with Crippen molar-refractivity contribution in [3.05, 3.63) is 24.3 Å². The average Bonchev–Trinajstić information content (AvgIpc) is 2.32. The number of allylic oxidation sites excluding steroid dienone is 1. The van der Waals surface area contributed by atoms with E-state index in [4.69, 9.17) is 5.11 Å². The maximum absolute atomic E-state index is 11.4. The summed E-state index contributed by atoms with van der Waals surface area (Å²) in [5, 5.41) is 11.4. The Balaban J connectivity index is 5.76. The molecule has 0 radical (unpaired) electrons. The Hall–Kier alpha value is -2.24. The number of rotatable bonds is 8. The number of aliphatic carboxylic acids is 1. The van der Waals surface area contributed by atoms with Crippen LogP contribution in [0.4, 0.5) is 0 Å². The highest BCUT2D eigenvalue weighted by molar-refractivity contribution is 5.93. The van der Waals surface area contributed by atoms with Crippen molar-refractivity contribution in [3.8, 4) is 0 Å². The third-order valence-electron chi connectivity index (χ3n) is 2.79. The molecule has 0 saturated carbocycles. The summed E-state index contributed by atoms with van der Waals surface area (Å²) >= 11 is 0. The molecule has 1 amide bonds. The molecule has 0 spiro atoms. The SMILES string of the molecule is C=C(C(=O)O)C(C=CC(=O)NC)(CC(C)=O)CC(C)=O. The van der Waals surface area contributed by atoms with E-state index >= 15 is 0 Å². The average molecular weight is 281 g/mol. The van der Waals surface area contributed by atoms with E-state index < -0.39 is 17.3 Å². The van der Waals surface area contributed by atoms with Gasteiger partial charge in [-0.25, -0.2) is 4.79 Å². The predicted molar refractivity (Wildman–Crippen MR) is 73.0 cm³/mol. The number of ketones is 2. The number of nitrogens with one attached hydrogen (secondary N) is 1. The second-order valence-corrected chi connectivity index (χ2v) is 4.65. The Morgan fingerprint density at radius 3 is 1.90 bits per heavy atom. The third kappa shape index (κ3) is 5.17. The molecule has 0 bridgehead atoms. The highest BCUT2D eigenvalue weighted by Gasteiger charge is 2.37. The van der Waals surface area contributed by atoms with Gasteiger partial charge in [-0.15, -0.1) is 0 Å². The fraction of sp³-hybridized carbons (Fsp3) is 0.429. The van der Waals surface area contributed by atoms with Crippen LogP contribution in [-0.2, 0) is 19.2 Å². The normalized spacial score (nSPS) is 11.2. The number of carbonyl (C=O) groups is 4. The lowest BCUT2D eigenvalue weighted by Gasteiger charge is -2.29. The largest absolute Gasteiger partial charge is 0.478 e. The molecule has 2 N–H and O–H groups in total. The van der Waals surface area contributed by atoms with Crippen molar-refractivity contribution in [2.45, 2.75) is 26.7 Å². The van der Waals surface area contributed by atoms with Gasteiger partial charge in [0.1, 0.15) is 11.6 Å². The predicted octanol–water partition coefficient (Wildman–Crippen LogP) is 0.874. The van der Waals surface area contributed by atoms with Gasteiger partial charge in [-0.1, -0.05) is 12.7 Å². The molecule has 0 atom stereocenters. The summed E-state index contributed by atoms with van der Waals surface area (Å²) in [6.07, 6.45) is 1.97. The Kier molecular flexibility index (Phi) is 6.55. The second kappa shape index (κ2) is 7.37. The van der Waals surface area contributed by atoms with Crippen LogP contribution < -0.4 is 5.32 Å². The standard InChI is InChI=1S/C14H19NO5/c1-9(16)7-14(8-10(2)17,11(3)13(19)20)6-5-12(18)15-4/h5-6H,3,7-8H2,1-2,4H3,(H,15,18)(H,19,20). The summed E-state index contributed by atoms with van der Waals surface area (Å²) in [6.45, 7) is 6.03. The van der Waals surface area contributed by atoms with Gasteiger partial charge in [0.05, 0.1) is 0 Å². The fourth-order valence-electron chi connectivity index (χ4n) is 1.91. The van der Waals surface area contributed by atoms with E-state index in [0.717, 1.165) is 6.08 Å². The smallest absolute Gasteiger partial charge is 0.331 e. The molecule has 0 aliphatic rings. The first-order valence-corrected chi connectivity index (χ1v) is 5.97. The van der Waals surface area contributed by atoms with Crippen LogP contribution in [0, 0.1) is 5.41 Å². The van der Waals surface area contributed by atoms with E-state index in [0.29, 0.717) is 0 Å². The minimum absolute atomic E-state index is 0.203. The third-order valence-corrected chi connectivity index (χ3v) is 2.79. The van der Waals surface area contributed by atoms with Crippen molar-refractivity contribution in [1.29, 1.82) is 0 Å². The number of Topliss-reactive ketones (excluding diaryl/α,β-unsaturated/α-hetero) is 2. The van der Waals surface area contributed by atoms with E-state index in [9.17, 15) is 19.2 Å². The van der Waals surface area contributed by atoms with E-state index in [-0.39, 0.29) is 30.0 Å². The van der Waals surface area contributed by atoms with Gasteiger partial charge in [0.2, 0.25) is 5.91 Å². The minimum Gasteiger partial charge on any atom is -0.478 e. The van der Waals surface area contributed by atoms with Gasteiger partial charge in [0, 0.05) is 30.9 Å². The second-order valence-electron chi connectivity index (χ2n) is 4.65. The Morgan fingerprint density at radius 1 is 1.15 bits per heavy atom. The lowest BCUT2D eigenvalue weighted by Crippen LogP contribution is -2.30. The highest BCUT2D eigenvalue weighted by atomic mass is 16.4. The molecule has 110 valence electrons. The molecule has 0 aliphatic carbocycles. The van der Waals surface area contributed by atoms with Gasteiger partial charge in [0.15, 0.2) is 0 Å². The van der Waals surface area contributed by atoms with Gasteiger partial charge in [-0.2, -0.15) is 0 Å². The summed E-state index contributed by atoms with van der Waals surface area (Å²) in [5.41, 5.74) is -1.67. The first-order valence-electron chi connectivity index (χ1n) is 5.97. The molecule has 6 nitrogen and oxygen atoms in total. The maximum atomic E-state index is 11.4. The van der Waals surface area contributed by atoms with E-state index in [1.807, 2.05) is 0 Å². The van der Waals surface area contributed by atoms with Crippen LogP contribution in [0.15, 0.2) is 24.3 Å². The maximum Gasteiger partial charge on any atom is 0.331 e. The number of likely N-dealkylation sites (N-methyl/N-ethyl adjacent to an activating group) is 1. The number of amides is 1. The highest BCUT2D eigenvalue weighted by Crippen LogP contribution is 2.37. The van der Waals surface area contributed by atoms with Crippen LogP contribution in [0.1, 0.15) is 26.7 Å². The number of carbonyl (C=O) groups excluding carboxylic acids is 3. The number of carboxylic acids is 1. The van der Waals surface area contributed by atoms with E-state index in [1.54, 1.807) is 0 Å². The van der Waals surface area contributed by atoms with Gasteiger partial charge >= 0.3 is 5.97 Å². The lowest BCUT2D eigenvalue weighted by molar-refractivity contribution is -0.134. The van der Waals surface area contributed by atoms with Crippen LogP contribution in [0.2, 0.25) is 0 Å². The summed E-state index contributed by atoms with van der Waals surface area (Å²) in [7, 11) is 1.41. The molecule has 20 heavy (non-hydrogen) atoms. The zero-order valence-electron chi connectivity index (χ0n) is 11.9. The number of hydrogen-bond donors (Lipinski definition) is 2. The van der Waals surface area contributed by atoms with Crippen LogP contribution in [0.3, 0.4) is 0 Å². The molecule has 0 heterocycles. The van der Waals surface area contributed by atoms with Crippen LogP contribution in [0.5, 0.6) is 0 Å². The van der Waals surface area contributed by atoms with Gasteiger partial charge in [0.25, 0.3) is 0 Å². The van der Waals surface area contributed by atoms with Crippen LogP contribution in [-0.4, -0.2) is 35.6 Å². The van der Waals surface area contributed by atoms with Crippen molar-refractivity contribution >= 4 is 23.4 Å². The van der Waals surface area contributed by atoms with Crippen LogP contribution >= 0.6 is 0 Å². The first kappa shape index (κ1) is 17.8. The molecule has 0 aromatic heterocycles. The van der Waals surface area contributed by atoms with Gasteiger partial charge in [-0.05, 0) is 19.9 Å². The van der Waals surface area contributed by atoms with Gasteiger partial charge in [-0.3, -0.25) is 14.4 Å². The minimum atomic E-state index is -1.38. The summed E-state index contributed by atoms with van der Waals surface area (Å²) in [4.78, 5) is 45.2. The summed E-state index contributed by atoms with van der Waals surface area (Å²) in [6, 6.07) is 0. The molecule has 6 heteroatoms. The van der Waals surface area contributed by atoms with Crippen molar-refractivity contribution < 1.29 is 24.3 Å². The summed E-state index contributed by atoms with van der Waals surface area (Å²) < 4.78 is 0.